The largest absolute Gasteiger partial charge is 0.598 e. The highest BCUT2D eigenvalue weighted by atomic mass is 79.9. The number of halogens is 2. The number of carbonyl (C=O) groups is 1. The highest BCUT2D eigenvalue weighted by Gasteiger charge is 2.54. The molecule has 8 heteroatoms. The van der Waals surface area contributed by atoms with Gasteiger partial charge in [-0.1, -0.05) is 12.1 Å². The first kappa shape index (κ1) is 21.9. The number of benzene rings is 1. The van der Waals surface area contributed by atoms with Crippen LogP contribution in [0.15, 0.2) is 22.7 Å². The van der Waals surface area contributed by atoms with E-state index in [1.54, 1.807) is 23.1 Å². The third-order valence-electron chi connectivity index (χ3n) is 5.42. The summed E-state index contributed by atoms with van der Waals surface area (Å²) in [6.45, 7) is 7.36. The Morgan fingerprint density at radius 2 is 2.11 bits per heavy atom. The van der Waals surface area contributed by atoms with E-state index >= 15 is 0 Å². The lowest BCUT2D eigenvalue weighted by Crippen LogP contribution is -2.70. The number of carbonyl (C=O) groups excluding carboxylic acids is 1. The van der Waals surface area contributed by atoms with E-state index in [1.807, 2.05) is 27.7 Å². The number of rotatable bonds is 5. The summed E-state index contributed by atoms with van der Waals surface area (Å²) in [5.74, 6) is 0.498. The van der Waals surface area contributed by atoms with Crippen LogP contribution in [0.1, 0.15) is 46.1 Å². The van der Waals surface area contributed by atoms with Gasteiger partial charge in [0.25, 0.3) is 0 Å². The molecule has 4 rings (SSSR count). The molecule has 2 saturated heterocycles. The van der Waals surface area contributed by atoms with Crippen LogP contribution in [0, 0.1) is 11.7 Å². The van der Waals surface area contributed by atoms with E-state index in [4.69, 9.17) is 4.74 Å². The van der Waals surface area contributed by atoms with Crippen LogP contribution in [-0.2, 0) is 22.5 Å². The first-order valence-corrected chi connectivity index (χ1v) is 11.8. The molecule has 1 saturated carbocycles. The van der Waals surface area contributed by atoms with Gasteiger partial charge < -0.3 is 14.2 Å². The molecule has 2 bridgehead atoms. The maximum atomic E-state index is 14.7. The van der Waals surface area contributed by atoms with Crippen LogP contribution in [-0.4, -0.2) is 45.0 Å². The predicted molar refractivity (Wildman–Crippen MR) is 112 cm³/mol. The minimum atomic E-state index is -1.19. The maximum absolute atomic E-state index is 14.7. The van der Waals surface area contributed by atoms with Crippen molar-refractivity contribution in [3.8, 4) is 0 Å². The van der Waals surface area contributed by atoms with Gasteiger partial charge in [-0.25, -0.2) is 9.18 Å². The Balaban J connectivity index is 1.91. The summed E-state index contributed by atoms with van der Waals surface area (Å²) in [7, 11) is 0. The maximum Gasteiger partial charge on any atom is 0.410 e. The summed E-state index contributed by atoms with van der Waals surface area (Å²) in [6, 6.07) is 4.80. The van der Waals surface area contributed by atoms with E-state index in [-0.39, 0.29) is 30.0 Å². The van der Waals surface area contributed by atoms with Gasteiger partial charge in [0, 0.05) is 17.4 Å². The SMILES string of the molecule is CC[S+]([O-])N[C@H]1C2CC(C2)N(C(=O)OC(C)(C)C)[C@H]1Cc1cccc(Br)c1F. The van der Waals surface area contributed by atoms with E-state index in [0.717, 1.165) is 12.8 Å². The van der Waals surface area contributed by atoms with Crippen molar-refractivity contribution in [2.75, 3.05) is 5.75 Å². The van der Waals surface area contributed by atoms with Crippen LogP contribution < -0.4 is 4.72 Å². The predicted octanol–water partition coefficient (Wildman–Crippen LogP) is 4.17. The summed E-state index contributed by atoms with van der Waals surface area (Å²) in [6.07, 6.45) is 1.67. The van der Waals surface area contributed by atoms with Crippen molar-refractivity contribution in [3.05, 3.63) is 34.1 Å². The zero-order chi connectivity index (χ0) is 20.6. The molecular weight excluding hydrogens is 447 g/mol. The van der Waals surface area contributed by atoms with Crippen LogP contribution in [0.3, 0.4) is 0 Å². The fraction of sp³-hybridized carbons (Fsp3) is 0.650. The molecule has 1 amide bonds. The van der Waals surface area contributed by atoms with E-state index in [2.05, 4.69) is 20.7 Å². The summed E-state index contributed by atoms with van der Waals surface area (Å²) in [5, 5.41) is 0. The smallest absolute Gasteiger partial charge is 0.410 e. The van der Waals surface area contributed by atoms with Crippen LogP contribution in [0.2, 0.25) is 0 Å². The van der Waals surface area contributed by atoms with Crippen LogP contribution in [0.4, 0.5) is 9.18 Å². The molecule has 2 aliphatic heterocycles. The van der Waals surface area contributed by atoms with Crippen molar-refractivity contribution in [2.45, 2.75) is 70.7 Å². The lowest BCUT2D eigenvalue weighted by atomic mass is 9.67. The Labute approximate surface area is 177 Å². The Morgan fingerprint density at radius 1 is 1.43 bits per heavy atom. The van der Waals surface area contributed by atoms with Gasteiger partial charge in [-0.3, -0.25) is 0 Å². The van der Waals surface area contributed by atoms with Gasteiger partial charge in [0.15, 0.2) is 0 Å². The molecule has 0 spiro atoms. The molecule has 1 N–H and O–H groups in total. The number of fused-ring (bicyclic) bond motifs is 2. The molecule has 1 unspecified atom stereocenters. The Hall–Kier alpha value is -0.830. The molecule has 156 valence electrons. The van der Waals surface area contributed by atoms with E-state index in [0.29, 0.717) is 28.1 Å². The van der Waals surface area contributed by atoms with Crippen LogP contribution in [0.5, 0.6) is 0 Å². The van der Waals surface area contributed by atoms with Gasteiger partial charge in [0.2, 0.25) is 0 Å². The first-order valence-electron chi connectivity index (χ1n) is 9.69. The van der Waals surface area contributed by atoms with Crippen molar-refractivity contribution in [2.24, 2.45) is 5.92 Å². The standard InChI is InChI=1S/C20H28BrFN2O3S/c1-5-28(26)23-18-13-9-14(10-13)24(19(25)27-20(2,3)4)16(18)11-12-7-6-8-15(21)17(12)22/h6-8,13-14,16,18,23H,5,9-11H2,1-4H3/t13?,14?,16-,18-,28?/m0/s1. The third kappa shape index (κ3) is 4.66. The Morgan fingerprint density at radius 3 is 2.71 bits per heavy atom. The lowest BCUT2D eigenvalue weighted by molar-refractivity contribution is -0.0652. The second kappa shape index (κ2) is 8.50. The monoisotopic (exact) mass is 474 g/mol. The normalized spacial score (nSPS) is 27.9. The van der Waals surface area contributed by atoms with Crippen LogP contribution >= 0.6 is 15.9 Å². The molecule has 3 aliphatic rings. The number of piperidine rings is 2. The number of ether oxygens (including phenoxy) is 1. The molecule has 3 atom stereocenters. The topological polar surface area (TPSA) is 64.6 Å². The molecule has 2 heterocycles. The summed E-state index contributed by atoms with van der Waals surface area (Å²) in [5.41, 5.74) is -0.0818. The minimum absolute atomic E-state index is 0.0909. The van der Waals surface area contributed by atoms with Crippen LogP contribution in [0.25, 0.3) is 0 Å². The van der Waals surface area contributed by atoms with Gasteiger partial charge in [-0.15, -0.1) is 4.72 Å². The average Bonchev–Trinajstić information content (AvgIpc) is 2.56. The van der Waals surface area contributed by atoms with Gasteiger partial charge in [-0.2, -0.15) is 0 Å². The fourth-order valence-electron chi connectivity index (χ4n) is 4.07. The highest BCUT2D eigenvalue weighted by molar-refractivity contribution is 9.10. The molecule has 1 aliphatic carbocycles. The molecule has 0 radical (unpaired) electrons. The molecule has 1 aromatic rings. The van der Waals surface area contributed by atoms with E-state index in [9.17, 15) is 13.7 Å². The molecule has 0 aromatic heterocycles. The van der Waals surface area contributed by atoms with Gasteiger partial charge in [0.05, 0.1) is 16.6 Å². The summed E-state index contributed by atoms with van der Waals surface area (Å²) >= 11 is 2.05. The summed E-state index contributed by atoms with van der Waals surface area (Å²) in [4.78, 5) is 14.8. The first-order chi connectivity index (χ1) is 13.1. The molecule has 5 nitrogen and oxygen atoms in total. The molecule has 3 fully saturated rings. The number of nitrogens with zero attached hydrogens (tertiary/aromatic N) is 1. The second-order valence-electron chi connectivity index (χ2n) is 8.54. The number of nitrogens with one attached hydrogen (secondary N) is 1. The average molecular weight is 475 g/mol. The Bertz CT molecular complexity index is 724. The number of hydrogen-bond acceptors (Lipinski definition) is 4. The zero-order valence-electron chi connectivity index (χ0n) is 16.7. The molecular formula is C20H28BrFN2O3S. The molecule has 1 aromatic carbocycles. The van der Waals surface area contributed by atoms with Crippen molar-refractivity contribution < 1.29 is 18.5 Å². The lowest BCUT2D eigenvalue weighted by Gasteiger charge is -2.57. The molecule has 28 heavy (non-hydrogen) atoms. The third-order valence-corrected chi connectivity index (χ3v) is 7.09. The minimum Gasteiger partial charge on any atom is -0.598 e. The van der Waals surface area contributed by atoms with Gasteiger partial charge in [-0.05, 0) is 80.4 Å². The van der Waals surface area contributed by atoms with E-state index in [1.165, 1.54) is 0 Å². The highest BCUT2D eigenvalue weighted by Crippen LogP contribution is 2.45. The van der Waals surface area contributed by atoms with Crippen molar-refractivity contribution in [1.29, 1.82) is 0 Å². The Kier molecular flexibility index (Phi) is 6.64. The van der Waals surface area contributed by atoms with Crippen molar-refractivity contribution >= 4 is 33.4 Å². The second-order valence-corrected chi connectivity index (χ2v) is 10.9. The number of amides is 1. The number of hydrogen-bond donors (Lipinski definition) is 1. The van der Waals surface area contributed by atoms with Gasteiger partial charge in [0.1, 0.15) is 17.2 Å². The van der Waals surface area contributed by atoms with Crippen molar-refractivity contribution in [3.63, 3.8) is 0 Å². The van der Waals surface area contributed by atoms with Crippen molar-refractivity contribution in [1.82, 2.24) is 9.62 Å². The van der Waals surface area contributed by atoms with E-state index < -0.39 is 17.0 Å². The summed E-state index contributed by atoms with van der Waals surface area (Å²) < 4.78 is 36.2. The van der Waals surface area contributed by atoms with Gasteiger partial charge >= 0.3 is 6.09 Å². The zero-order valence-corrected chi connectivity index (χ0v) is 19.1. The quantitative estimate of drug-likeness (QED) is 0.650. The fourth-order valence-corrected chi connectivity index (χ4v) is 5.30.